The average molecular weight is 353 g/mol. The molecule has 0 spiro atoms. The molecule has 1 saturated heterocycles. The van der Waals surface area contributed by atoms with Gasteiger partial charge in [-0.25, -0.2) is 4.98 Å². The molecule has 0 aliphatic carbocycles. The topological polar surface area (TPSA) is 93.7 Å². The molecule has 1 aliphatic rings. The fourth-order valence-electron chi connectivity index (χ4n) is 3.30. The van der Waals surface area contributed by atoms with Gasteiger partial charge in [0.05, 0.1) is 6.33 Å². The minimum absolute atomic E-state index is 0.0428. The van der Waals surface area contributed by atoms with Gasteiger partial charge in [-0.2, -0.15) is 0 Å². The van der Waals surface area contributed by atoms with Crippen LogP contribution >= 0.6 is 0 Å². The molecule has 1 fully saturated rings. The van der Waals surface area contributed by atoms with E-state index in [1.807, 2.05) is 23.2 Å². The summed E-state index contributed by atoms with van der Waals surface area (Å²) >= 11 is 0. The quantitative estimate of drug-likeness (QED) is 0.441. The van der Waals surface area contributed by atoms with Crippen LogP contribution in [0.1, 0.15) is 28.5 Å². The number of epoxide rings is 1. The van der Waals surface area contributed by atoms with Gasteiger partial charge in [-0.1, -0.05) is 54.1 Å². The molecule has 134 valence electrons. The maximum Gasteiger partial charge on any atom is 0.291 e. The van der Waals surface area contributed by atoms with Crippen LogP contribution in [0.5, 0.6) is 0 Å². The van der Waals surface area contributed by atoms with Crippen molar-refractivity contribution in [3.63, 3.8) is 0 Å². The second-order valence-corrected chi connectivity index (χ2v) is 6.14. The minimum Gasteiger partial charge on any atom is -0.333 e. The Morgan fingerprint density at radius 3 is 2.50 bits per heavy atom. The van der Waals surface area contributed by atoms with Crippen LogP contribution in [0, 0.1) is 24.0 Å². The zero-order valence-corrected chi connectivity index (χ0v) is 14.4. The second-order valence-electron chi connectivity index (χ2n) is 6.14. The van der Waals surface area contributed by atoms with Crippen LogP contribution in [-0.2, 0) is 10.3 Å². The fraction of sp³-hybridized carbons (Fsp3) is 0.211. The van der Waals surface area contributed by atoms with Crippen molar-refractivity contribution in [3.8, 4) is 0 Å². The summed E-state index contributed by atoms with van der Waals surface area (Å²) < 4.78 is 8.30. The molecule has 0 bridgehead atoms. The molecule has 2 atom stereocenters. The fourth-order valence-corrected chi connectivity index (χ4v) is 3.30. The van der Waals surface area contributed by atoms with Crippen molar-refractivity contribution in [1.29, 1.82) is 0 Å². The summed E-state index contributed by atoms with van der Waals surface area (Å²) in [7, 11) is 0. The largest absolute Gasteiger partial charge is 0.333 e. The number of benzene rings is 2. The summed E-state index contributed by atoms with van der Waals surface area (Å²) in [6.07, 6.45) is 5.52. The van der Waals surface area contributed by atoms with Crippen LogP contribution in [0.2, 0.25) is 0 Å². The Balaban J connectivity index is 0.000000447. The highest BCUT2D eigenvalue weighted by Crippen LogP contribution is 2.59. The number of aryl methyl sites for hydroxylation is 2. The highest BCUT2D eigenvalue weighted by atomic mass is 16.9. The van der Waals surface area contributed by atoms with Crippen LogP contribution in [0.15, 0.2) is 67.3 Å². The lowest BCUT2D eigenvalue weighted by Crippen LogP contribution is -2.16. The third kappa shape index (κ3) is 3.29. The van der Waals surface area contributed by atoms with Crippen molar-refractivity contribution in [3.05, 3.63) is 99.6 Å². The molecule has 0 amide bonds. The van der Waals surface area contributed by atoms with E-state index in [4.69, 9.17) is 20.1 Å². The first-order valence-corrected chi connectivity index (χ1v) is 8.07. The van der Waals surface area contributed by atoms with E-state index < -0.39 is 10.7 Å². The van der Waals surface area contributed by atoms with Crippen LogP contribution < -0.4 is 0 Å². The Labute approximate surface area is 150 Å². The molecule has 2 heterocycles. The van der Waals surface area contributed by atoms with E-state index in [-0.39, 0.29) is 6.23 Å². The van der Waals surface area contributed by atoms with Crippen molar-refractivity contribution in [2.24, 2.45) is 0 Å². The maximum atomic E-state index is 8.36. The van der Waals surface area contributed by atoms with Crippen molar-refractivity contribution in [2.45, 2.75) is 25.7 Å². The van der Waals surface area contributed by atoms with Crippen LogP contribution in [0.4, 0.5) is 0 Å². The van der Waals surface area contributed by atoms with Crippen molar-refractivity contribution < 1.29 is 15.0 Å². The first-order chi connectivity index (χ1) is 12.4. The van der Waals surface area contributed by atoms with Crippen LogP contribution in [0.3, 0.4) is 0 Å². The molecule has 1 aromatic heterocycles. The number of ether oxygens (including phenoxy) is 1. The monoisotopic (exact) mass is 353 g/mol. The molecule has 0 radical (unpaired) electrons. The second kappa shape index (κ2) is 6.97. The highest BCUT2D eigenvalue weighted by molar-refractivity contribution is 5.46. The maximum absolute atomic E-state index is 8.36. The van der Waals surface area contributed by atoms with Gasteiger partial charge in [-0.05, 0) is 30.5 Å². The van der Waals surface area contributed by atoms with Gasteiger partial charge in [0.15, 0.2) is 11.8 Å². The first kappa shape index (κ1) is 17.6. The first-order valence-electron chi connectivity index (χ1n) is 8.07. The minimum atomic E-state index is -1.50. The lowest BCUT2D eigenvalue weighted by molar-refractivity contribution is -0.742. The van der Waals surface area contributed by atoms with Crippen molar-refractivity contribution in [1.82, 2.24) is 9.55 Å². The molecule has 3 aromatic rings. The van der Waals surface area contributed by atoms with Crippen molar-refractivity contribution in [2.75, 3.05) is 0 Å². The summed E-state index contributed by atoms with van der Waals surface area (Å²) in [5.41, 5.74) is 4.51. The van der Waals surface area contributed by atoms with Crippen LogP contribution in [-0.4, -0.2) is 19.8 Å². The Hall–Kier alpha value is -3.19. The van der Waals surface area contributed by atoms with Gasteiger partial charge in [-0.3, -0.25) is 0 Å². The van der Waals surface area contributed by atoms with E-state index in [2.05, 4.69) is 61.3 Å². The number of rotatable bonds is 3. The van der Waals surface area contributed by atoms with E-state index in [1.165, 1.54) is 22.3 Å². The summed E-state index contributed by atoms with van der Waals surface area (Å²) in [5.74, 6) is 0. The molecule has 1 N–H and O–H groups in total. The van der Waals surface area contributed by atoms with Crippen LogP contribution in [0.25, 0.3) is 0 Å². The Bertz CT molecular complexity index is 892. The SMILES string of the molecule is Cc1ccc(C2(c3ccccc3)OC2n2ccnc2)c(C)c1.O=[N+]([O-])O. The Morgan fingerprint density at radius 1 is 1.23 bits per heavy atom. The van der Waals surface area contributed by atoms with E-state index in [0.717, 1.165) is 0 Å². The van der Waals surface area contributed by atoms with E-state index in [0.29, 0.717) is 0 Å². The Morgan fingerprint density at radius 2 is 1.92 bits per heavy atom. The molecule has 1 aliphatic heterocycles. The van der Waals surface area contributed by atoms with Gasteiger partial charge >= 0.3 is 0 Å². The summed E-state index contributed by atoms with van der Waals surface area (Å²) in [6, 6.07) is 17.0. The van der Waals surface area contributed by atoms with Gasteiger partial charge in [0, 0.05) is 12.4 Å². The van der Waals surface area contributed by atoms with E-state index >= 15 is 0 Å². The predicted molar refractivity (Wildman–Crippen MR) is 94.3 cm³/mol. The standard InChI is InChI=1S/C19H18N2O.HNO3/c1-14-8-9-17(15(2)12-14)19(16-6-4-3-5-7-16)18(22-19)21-11-10-20-13-21;2-1(3)4/h3-13,18H,1-2H3;(H,2,3,4). The molecule has 7 heteroatoms. The van der Waals surface area contributed by atoms with E-state index in [9.17, 15) is 0 Å². The highest BCUT2D eigenvalue weighted by Gasteiger charge is 2.60. The average Bonchev–Trinajstić information content (AvgIpc) is 3.10. The van der Waals surface area contributed by atoms with Gasteiger partial charge in [-0.15, -0.1) is 10.1 Å². The summed E-state index contributed by atoms with van der Waals surface area (Å²) in [5, 5.41) is 13.6. The molecule has 0 saturated carbocycles. The molecule has 2 unspecified atom stereocenters. The number of hydrogen-bond acceptors (Lipinski definition) is 4. The third-order valence-electron chi connectivity index (χ3n) is 4.37. The van der Waals surface area contributed by atoms with Gasteiger partial charge in [0.1, 0.15) is 0 Å². The summed E-state index contributed by atoms with van der Waals surface area (Å²) in [4.78, 5) is 12.5. The number of hydrogen-bond donors (Lipinski definition) is 1. The molecule has 7 nitrogen and oxygen atoms in total. The van der Waals surface area contributed by atoms with Gasteiger partial charge in [0.2, 0.25) is 0 Å². The predicted octanol–water partition coefficient (Wildman–Crippen LogP) is 3.62. The third-order valence-corrected chi connectivity index (χ3v) is 4.37. The zero-order valence-electron chi connectivity index (χ0n) is 14.4. The lowest BCUT2D eigenvalue weighted by Gasteiger charge is -2.17. The molecule has 4 rings (SSSR count). The number of aromatic nitrogens is 2. The number of imidazole rings is 1. The van der Waals surface area contributed by atoms with Crippen molar-refractivity contribution >= 4 is 0 Å². The molecular formula is C19H19N3O4. The molecular weight excluding hydrogens is 334 g/mol. The normalized spacial score (nSPS) is 20.8. The smallest absolute Gasteiger partial charge is 0.291 e. The molecule has 26 heavy (non-hydrogen) atoms. The Kier molecular flexibility index (Phi) is 4.73. The molecule has 2 aromatic carbocycles. The van der Waals surface area contributed by atoms with Gasteiger partial charge in [0.25, 0.3) is 5.09 Å². The number of nitrogens with zero attached hydrogens (tertiary/aromatic N) is 3. The van der Waals surface area contributed by atoms with E-state index in [1.54, 1.807) is 6.20 Å². The lowest BCUT2D eigenvalue weighted by atomic mass is 9.86. The summed E-state index contributed by atoms with van der Waals surface area (Å²) in [6.45, 7) is 4.27. The van der Waals surface area contributed by atoms with Gasteiger partial charge < -0.3 is 14.5 Å². The zero-order chi connectivity index (χ0) is 18.7.